The van der Waals surface area contributed by atoms with Crippen molar-refractivity contribution in [1.29, 1.82) is 0 Å². The van der Waals surface area contributed by atoms with Crippen LogP contribution in [0.5, 0.6) is 5.75 Å². The topological polar surface area (TPSA) is 33.1 Å². The third-order valence-electron chi connectivity index (χ3n) is 1.76. The van der Waals surface area contributed by atoms with Crippen LogP contribution in [0.1, 0.15) is 0 Å². The van der Waals surface area contributed by atoms with Crippen molar-refractivity contribution >= 4 is 22.5 Å². The maximum absolute atomic E-state index is 13.0. The molecule has 2 rings (SSSR count). The van der Waals surface area contributed by atoms with Gasteiger partial charge >= 0.3 is 0 Å². The summed E-state index contributed by atoms with van der Waals surface area (Å²) in [7, 11) is 0. The molecule has 0 spiro atoms. The highest BCUT2D eigenvalue weighted by Gasteiger charge is 2.09. The molecular formula is C9H5ClFNO. The predicted molar refractivity (Wildman–Crippen MR) is 48.4 cm³/mol. The molecule has 2 aromatic rings. The van der Waals surface area contributed by atoms with Gasteiger partial charge in [-0.2, -0.15) is 0 Å². The molecule has 0 saturated carbocycles. The lowest BCUT2D eigenvalue weighted by Crippen LogP contribution is -1.83. The van der Waals surface area contributed by atoms with Crippen molar-refractivity contribution in [2.75, 3.05) is 0 Å². The van der Waals surface area contributed by atoms with Crippen LogP contribution in [0.25, 0.3) is 10.9 Å². The van der Waals surface area contributed by atoms with E-state index < -0.39 is 5.82 Å². The summed E-state index contributed by atoms with van der Waals surface area (Å²) in [6, 6.07) is 4.19. The fraction of sp³-hybridized carbons (Fsp3) is 0. The summed E-state index contributed by atoms with van der Waals surface area (Å²) in [5, 5.41) is 9.72. The van der Waals surface area contributed by atoms with Crippen molar-refractivity contribution in [3.63, 3.8) is 0 Å². The van der Waals surface area contributed by atoms with E-state index in [1.807, 2.05) is 0 Å². The van der Waals surface area contributed by atoms with Gasteiger partial charge in [0, 0.05) is 17.6 Å². The number of phenols is 1. The second kappa shape index (κ2) is 2.85. The van der Waals surface area contributed by atoms with Crippen LogP contribution in [-0.4, -0.2) is 10.1 Å². The molecule has 0 radical (unpaired) electrons. The summed E-state index contributed by atoms with van der Waals surface area (Å²) in [6.07, 6.45) is 1.51. The number of halogens is 2. The van der Waals surface area contributed by atoms with Crippen molar-refractivity contribution in [2.45, 2.75) is 0 Å². The largest absolute Gasteiger partial charge is 0.506 e. The Morgan fingerprint density at radius 2 is 2.23 bits per heavy atom. The Hall–Kier alpha value is -1.35. The number of phenolic OH excluding ortho intramolecular Hbond substituents is 1. The maximum atomic E-state index is 13.0. The third-order valence-corrected chi connectivity index (χ3v) is 2.14. The van der Waals surface area contributed by atoms with Gasteiger partial charge in [0.15, 0.2) is 0 Å². The molecule has 0 aliphatic rings. The van der Waals surface area contributed by atoms with E-state index in [1.54, 1.807) is 12.1 Å². The van der Waals surface area contributed by atoms with Crippen LogP contribution < -0.4 is 0 Å². The first-order valence-corrected chi connectivity index (χ1v) is 3.99. The van der Waals surface area contributed by atoms with Crippen LogP contribution in [0.4, 0.5) is 4.39 Å². The first-order valence-electron chi connectivity index (χ1n) is 3.62. The molecule has 2 nitrogen and oxygen atoms in total. The van der Waals surface area contributed by atoms with Crippen LogP contribution in [0.2, 0.25) is 5.02 Å². The maximum Gasteiger partial charge on any atom is 0.146 e. The molecule has 1 N–H and O–H groups in total. The van der Waals surface area contributed by atoms with E-state index in [1.165, 1.54) is 6.20 Å². The van der Waals surface area contributed by atoms with Gasteiger partial charge in [-0.3, -0.25) is 4.98 Å². The number of hydrogen-bond donors (Lipinski definition) is 1. The van der Waals surface area contributed by atoms with E-state index >= 15 is 0 Å². The molecule has 0 saturated heterocycles. The number of pyridine rings is 1. The van der Waals surface area contributed by atoms with Crippen molar-refractivity contribution in [1.82, 2.24) is 4.98 Å². The van der Waals surface area contributed by atoms with Gasteiger partial charge in [-0.25, -0.2) is 4.39 Å². The van der Waals surface area contributed by atoms with Gasteiger partial charge in [0.05, 0.1) is 5.02 Å². The van der Waals surface area contributed by atoms with Crippen LogP contribution >= 0.6 is 11.6 Å². The SMILES string of the molecule is Oc1cc(F)c(Cl)c2cccnc12. The highest BCUT2D eigenvalue weighted by molar-refractivity contribution is 6.35. The van der Waals surface area contributed by atoms with E-state index in [0.717, 1.165) is 6.07 Å². The van der Waals surface area contributed by atoms with Gasteiger partial charge in [-0.1, -0.05) is 11.6 Å². The van der Waals surface area contributed by atoms with Crippen LogP contribution in [0.15, 0.2) is 24.4 Å². The molecule has 0 amide bonds. The van der Waals surface area contributed by atoms with Gasteiger partial charge in [-0.15, -0.1) is 0 Å². The van der Waals surface area contributed by atoms with Gasteiger partial charge in [-0.05, 0) is 12.1 Å². The summed E-state index contributed by atoms with van der Waals surface area (Å²) in [6.45, 7) is 0. The lowest BCUT2D eigenvalue weighted by molar-refractivity contribution is 0.474. The Bertz CT molecular complexity index is 472. The van der Waals surface area contributed by atoms with E-state index in [-0.39, 0.29) is 10.8 Å². The van der Waals surface area contributed by atoms with Crippen LogP contribution in [-0.2, 0) is 0 Å². The standard InChI is InChI=1S/C9H5ClFNO/c10-8-5-2-1-3-12-9(5)7(13)4-6(8)11/h1-4,13H. The first kappa shape index (κ1) is 8.26. The number of aromatic hydroxyl groups is 1. The normalized spacial score (nSPS) is 10.6. The molecule has 66 valence electrons. The van der Waals surface area contributed by atoms with Gasteiger partial charge in [0.25, 0.3) is 0 Å². The Morgan fingerprint density at radius 1 is 1.46 bits per heavy atom. The smallest absolute Gasteiger partial charge is 0.146 e. The van der Waals surface area contributed by atoms with Crippen LogP contribution in [0, 0.1) is 5.82 Å². The van der Waals surface area contributed by atoms with Crippen LogP contribution in [0.3, 0.4) is 0 Å². The number of fused-ring (bicyclic) bond motifs is 1. The van der Waals surface area contributed by atoms with Crippen molar-refractivity contribution in [2.24, 2.45) is 0 Å². The highest BCUT2D eigenvalue weighted by Crippen LogP contribution is 2.31. The summed E-state index contributed by atoms with van der Waals surface area (Å²) in [4.78, 5) is 3.88. The minimum atomic E-state index is -0.639. The number of aromatic nitrogens is 1. The molecule has 1 aromatic heterocycles. The van der Waals surface area contributed by atoms with Crippen molar-refractivity contribution < 1.29 is 9.50 Å². The molecule has 4 heteroatoms. The van der Waals surface area contributed by atoms with Gasteiger partial charge in [0.2, 0.25) is 0 Å². The molecule has 0 aliphatic heterocycles. The fourth-order valence-corrected chi connectivity index (χ4v) is 1.37. The average Bonchev–Trinajstić information content (AvgIpc) is 2.15. The molecule has 1 aromatic carbocycles. The number of hydrogen-bond acceptors (Lipinski definition) is 2. The first-order chi connectivity index (χ1) is 6.20. The predicted octanol–water partition coefficient (Wildman–Crippen LogP) is 2.73. The highest BCUT2D eigenvalue weighted by atomic mass is 35.5. The third kappa shape index (κ3) is 1.21. The van der Waals surface area contributed by atoms with E-state index in [4.69, 9.17) is 11.6 Å². The molecule has 0 atom stereocenters. The summed E-state index contributed by atoms with van der Waals surface area (Å²) >= 11 is 5.67. The molecule has 0 fully saturated rings. The zero-order valence-electron chi connectivity index (χ0n) is 6.46. The van der Waals surface area contributed by atoms with Gasteiger partial charge in [0.1, 0.15) is 17.1 Å². The minimum absolute atomic E-state index is 0.0131. The van der Waals surface area contributed by atoms with Gasteiger partial charge < -0.3 is 5.11 Å². The molecular weight excluding hydrogens is 193 g/mol. The number of nitrogens with zero attached hydrogens (tertiary/aromatic N) is 1. The minimum Gasteiger partial charge on any atom is -0.506 e. The van der Waals surface area contributed by atoms with E-state index in [2.05, 4.69) is 4.98 Å². The zero-order valence-corrected chi connectivity index (χ0v) is 7.22. The van der Waals surface area contributed by atoms with E-state index in [9.17, 15) is 9.50 Å². The lowest BCUT2D eigenvalue weighted by Gasteiger charge is -2.02. The van der Waals surface area contributed by atoms with E-state index in [0.29, 0.717) is 10.9 Å². The molecule has 0 aliphatic carbocycles. The zero-order chi connectivity index (χ0) is 9.42. The fourth-order valence-electron chi connectivity index (χ4n) is 1.17. The Labute approximate surface area is 78.6 Å². The quantitative estimate of drug-likeness (QED) is 0.705. The Morgan fingerprint density at radius 3 is 3.00 bits per heavy atom. The molecule has 1 heterocycles. The summed E-state index contributed by atoms with van der Waals surface area (Å²) in [5.74, 6) is -0.836. The molecule has 13 heavy (non-hydrogen) atoms. The monoisotopic (exact) mass is 197 g/mol. The summed E-state index contributed by atoms with van der Waals surface area (Å²) < 4.78 is 13.0. The number of benzene rings is 1. The molecule has 0 unspecified atom stereocenters. The summed E-state index contributed by atoms with van der Waals surface area (Å²) in [5.41, 5.74) is 0.314. The number of rotatable bonds is 0. The van der Waals surface area contributed by atoms with Crippen molar-refractivity contribution in [3.05, 3.63) is 35.2 Å². The lowest BCUT2D eigenvalue weighted by atomic mass is 10.2. The average molecular weight is 198 g/mol. The van der Waals surface area contributed by atoms with Crippen molar-refractivity contribution in [3.8, 4) is 5.75 Å². The Balaban J connectivity index is 2.97. The Kier molecular flexibility index (Phi) is 1.81. The second-order valence-electron chi connectivity index (χ2n) is 2.59. The molecule has 0 bridgehead atoms. The second-order valence-corrected chi connectivity index (χ2v) is 2.97.